The third-order valence-electron chi connectivity index (χ3n) is 2.91. The van der Waals surface area contributed by atoms with Crippen molar-refractivity contribution in [2.24, 2.45) is 0 Å². The molecule has 90 valence electrons. The smallest absolute Gasteiger partial charge is 0.0716 e. The van der Waals surface area contributed by atoms with Crippen molar-refractivity contribution in [2.45, 2.75) is 33.4 Å². The van der Waals surface area contributed by atoms with E-state index in [1.54, 1.807) is 7.11 Å². The van der Waals surface area contributed by atoms with Crippen LogP contribution in [0.25, 0.3) is 0 Å². The molecule has 0 heterocycles. The van der Waals surface area contributed by atoms with E-state index in [-0.39, 0.29) is 0 Å². The number of hydrogen-bond donors (Lipinski definition) is 0. The van der Waals surface area contributed by atoms with E-state index in [2.05, 4.69) is 60.8 Å². The van der Waals surface area contributed by atoms with Gasteiger partial charge in [0.2, 0.25) is 0 Å². The molecule has 0 atom stereocenters. The van der Waals surface area contributed by atoms with E-state index in [1.165, 1.54) is 16.8 Å². The van der Waals surface area contributed by atoms with Gasteiger partial charge in [0, 0.05) is 30.4 Å². The zero-order chi connectivity index (χ0) is 12.3. The lowest BCUT2D eigenvalue weighted by atomic mass is 10.1. The summed E-state index contributed by atoms with van der Waals surface area (Å²) in [6.07, 6.45) is 0. The van der Waals surface area contributed by atoms with E-state index in [1.807, 2.05) is 0 Å². The van der Waals surface area contributed by atoms with E-state index >= 15 is 0 Å². The fraction of sp³-hybridized carbons (Fsp3) is 0.538. The number of benzene rings is 1. The van der Waals surface area contributed by atoms with Crippen molar-refractivity contribution in [2.75, 3.05) is 19.1 Å². The van der Waals surface area contributed by atoms with Crippen LogP contribution in [0.4, 0.5) is 5.69 Å². The van der Waals surface area contributed by atoms with Gasteiger partial charge in [-0.3, -0.25) is 0 Å². The minimum atomic E-state index is 0.489. The third kappa shape index (κ3) is 2.98. The molecular formula is C13H20BrNO. The van der Waals surface area contributed by atoms with Crippen molar-refractivity contribution in [3.05, 3.63) is 27.7 Å². The molecule has 0 amide bonds. The highest BCUT2D eigenvalue weighted by molar-refractivity contribution is 9.10. The summed E-state index contributed by atoms with van der Waals surface area (Å²) in [5, 5.41) is 0. The Hall–Kier alpha value is -0.540. The molecule has 1 aromatic rings. The second-order valence-electron chi connectivity index (χ2n) is 4.35. The van der Waals surface area contributed by atoms with Crippen molar-refractivity contribution in [3.63, 3.8) is 0 Å². The van der Waals surface area contributed by atoms with Gasteiger partial charge in [0.15, 0.2) is 0 Å². The molecular weight excluding hydrogens is 266 g/mol. The van der Waals surface area contributed by atoms with Crippen molar-refractivity contribution in [1.82, 2.24) is 0 Å². The highest BCUT2D eigenvalue weighted by Crippen LogP contribution is 2.29. The maximum atomic E-state index is 5.22. The first-order chi connectivity index (χ1) is 7.47. The Bertz CT molecular complexity index is 363. The molecule has 3 heteroatoms. The number of methoxy groups -OCH3 is 1. The number of halogens is 1. The fourth-order valence-corrected chi connectivity index (χ4v) is 2.16. The molecule has 0 saturated carbocycles. The third-order valence-corrected chi connectivity index (χ3v) is 3.36. The second kappa shape index (κ2) is 5.69. The molecule has 0 aliphatic heterocycles. The van der Waals surface area contributed by atoms with Crippen LogP contribution < -0.4 is 4.90 Å². The van der Waals surface area contributed by atoms with Gasteiger partial charge in [0.05, 0.1) is 6.61 Å². The molecule has 1 rings (SSSR count). The van der Waals surface area contributed by atoms with Crippen LogP contribution in [0, 0.1) is 6.92 Å². The Labute approximate surface area is 107 Å². The zero-order valence-electron chi connectivity index (χ0n) is 10.7. The van der Waals surface area contributed by atoms with Crippen LogP contribution in [0.3, 0.4) is 0 Å². The molecule has 0 unspecified atom stereocenters. The zero-order valence-corrected chi connectivity index (χ0v) is 12.3. The van der Waals surface area contributed by atoms with E-state index in [0.29, 0.717) is 12.6 Å². The Morgan fingerprint density at radius 3 is 2.50 bits per heavy atom. The lowest BCUT2D eigenvalue weighted by Crippen LogP contribution is -2.26. The van der Waals surface area contributed by atoms with Crippen LogP contribution in [0.15, 0.2) is 16.6 Å². The average Bonchev–Trinajstić information content (AvgIpc) is 2.22. The molecule has 0 aliphatic rings. The first kappa shape index (κ1) is 13.5. The average molecular weight is 286 g/mol. The van der Waals surface area contributed by atoms with Crippen molar-refractivity contribution in [1.29, 1.82) is 0 Å². The Kier molecular flexibility index (Phi) is 4.81. The molecule has 0 bridgehead atoms. The predicted octanol–water partition coefficient (Wildman–Crippen LogP) is 3.75. The van der Waals surface area contributed by atoms with Gasteiger partial charge in [0.25, 0.3) is 0 Å². The van der Waals surface area contributed by atoms with Gasteiger partial charge < -0.3 is 9.64 Å². The predicted molar refractivity (Wildman–Crippen MR) is 73.1 cm³/mol. The van der Waals surface area contributed by atoms with Crippen LogP contribution in [0.5, 0.6) is 0 Å². The number of nitrogens with zero attached hydrogens (tertiary/aromatic N) is 1. The topological polar surface area (TPSA) is 12.5 Å². The highest BCUT2D eigenvalue weighted by atomic mass is 79.9. The second-order valence-corrected chi connectivity index (χ2v) is 5.26. The summed E-state index contributed by atoms with van der Waals surface area (Å²) in [5.74, 6) is 0. The lowest BCUT2D eigenvalue weighted by Gasteiger charge is -2.27. The largest absolute Gasteiger partial charge is 0.380 e. The molecule has 16 heavy (non-hydrogen) atoms. The molecule has 0 aliphatic carbocycles. The normalized spacial score (nSPS) is 10.9. The maximum absolute atomic E-state index is 5.22. The minimum absolute atomic E-state index is 0.489. The van der Waals surface area contributed by atoms with E-state index in [9.17, 15) is 0 Å². The van der Waals surface area contributed by atoms with Gasteiger partial charge in [-0.25, -0.2) is 0 Å². The number of ether oxygens (including phenoxy) is 1. The Balaban J connectivity index is 3.18. The standard InChI is InChI=1S/C13H20BrNO/c1-9(2)15(4)13-7-12(14)6-11(8-16-5)10(13)3/h6-7,9H,8H2,1-5H3. The molecule has 0 fully saturated rings. The number of rotatable bonds is 4. The van der Waals surface area contributed by atoms with Crippen molar-refractivity contribution < 1.29 is 4.74 Å². The fourth-order valence-electron chi connectivity index (χ4n) is 1.67. The molecule has 0 spiro atoms. The monoisotopic (exact) mass is 285 g/mol. The van der Waals surface area contributed by atoms with Gasteiger partial charge >= 0.3 is 0 Å². The lowest BCUT2D eigenvalue weighted by molar-refractivity contribution is 0.184. The van der Waals surface area contributed by atoms with Crippen LogP contribution in [0.2, 0.25) is 0 Å². The summed E-state index contributed by atoms with van der Waals surface area (Å²) in [5.41, 5.74) is 3.79. The van der Waals surface area contributed by atoms with Crippen molar-refractivity contribution in [3.8, 4) is 0 Å². The van der Waals surface area contributed by atoms with Gasteiger partial charge in [0.1, 0.15) is 0 Å². The number of hydrogen-bond acceptors (Lipinski definition) is 2. The van der Waals surface area contributed by atoms with Crippen LogP contribution in [0.1, 0.15) is 25.0 Å². The van der Waals surface area contributed by atoms with Gasteiger partial charge in [-0.1, -0.05) is 15.9 Å². The SMILES string of the molecule is COCc1cc(Br)cc(N(C)C(C)C)c1C. The first-order valence-electron chi connectivity index (χ1n) is 5.48. The molecule has 0 aromatic heterocycles. The van der Waals surface area contributed by atoms with Gasteiger partial charge in [-0.05, 0) is 44.0 Å². The highest BCUT2D eigenvalue weighted by Gasteiger charge is 2.12. The molecule has 2 nitrogen and oxygen atoms in total. The van der Waals surface area contributed by atoms with E-state index < -0.39 is 0 Å². The minimum Gasteiger partial charge on any atom is -0.380 e. The molecule has 1 aromatic carbocycles. The summed E-state index contributed by atoms with van der Waals surface area (Å²) >= 11 is 3.55. The molecule has 0 saturated heterocycles. The van der Waals surface area contributed by atoms with Crippen LogP contribution in [-0.4, -0.2) is 20.2 Å². The van der Waals surface area contributed by atoms with E-state index in [4.69, 9.17) is 4.74 Å². The summed E-state index contributed by atoms with van der Waals surface area (Å²) < 4.78 is 6.32. The quantitative estimate of drug-likeness (QED) is 0.836. The Morgan fingerprint density at radius 1 is 1.38 bits per heavy atom. The van der Waals surface area contributed by atoms with E-state index in [0.717, 1.165) is 4.47 Å². The summed E-state index contributed by atoms with van der Waals surface area (Å²) in [4.78, 5) is 2.28. The van der Waals surface area contributed by atoms with Gasteiger partial charge in [-0.2, -0.15) is 0 Å². The summed E-state index contributed by atoms with van der Waals surface area (Å²) in [6.45, 7) is 7.19. The molecule has 0 N–H and O–H groups in total. The Morgan fingerprint density at radius 2 is 2.00 bits per heavy atom. The van der Waals surface area contributed by atoms with Crippen molar-refractivity contribution >= 4 is 21.6 Å². The van der Waals surface area contributed by atoms with Crippen LogP contribution >= 0.6 is 15.9 Å². The number of anilines is 1. The first-order valence-corrected chi connectivity index (χ1v) is 6.27. The molecule has 0 radical (unpaired) electrons. The summed E-state index contributed by atoms with van der Waals surface area (Å²) in [7, 11) is 3.85. The maximum Gasteiger partial charge on any atom is 0.0716 e. The van der Waals surface area contributed by atoms with Gasteiger partial charge in [-0.15, -0.1) is 0 Å². The summed E-state index contributed by atoms with van der Waals surface area (Å²) in [6, 6.07) is 4.77. The van der Waals surface area contributed by atoms with Crippen LogP contribution in [-0.2, 0) is 11.3 Å².